The lowest BCUT2D eigenvalue weighted by Crippen LogP contribution is -2.25. The van der Waals surface area contributed by atoms with E-state index in [4.69, 9.17) is 0 Å². The van der Waals surface area contributed by atoms with Crippen LogP contribution in [0.15, 0.2) is 30.3 Å². The first-order valence-corrected chi connectivity index (χ1v) is 5.82. The van der Waals surface area contributed by atoms with Crippen LogP contribution in [0.4, 0.5) is 0 Å². The molecule has 1 aliphatic carbocycles. The van der Waals surface area contributed by atoms with Crippen molar-refractivity contribution in [3.05, 3.63) is 35.9 Å². The molecule has 0 atom stereocenters. The monoisotopic (exact) mass is 188 g/mol. The first-order chi connectivity index (χ1) is 6.79. The third-order valence-electron chi connectivity index (χ3n) is 3.65. The Morgan fingerprint density at radius 3 is 2.43 bits per heavy atom. The van der Waals surface area contributed by atoms with E-state index in [-0.39, 0.29) is 0 Å². The summed E-state index contributed by atoms with van der Waals surface area (Å²) in [6.07, 6.45) is 8.42. The van der Waals surface area contributed by atoms with Gasteiger partial charge in [-0.2, -0.15) is 0 Å². The van der Waals surface area contributed by atoms with E-state index in [9.17, 15) is 0 Å². The summed E-state index contributed by atoms with van der Waals surface area (Å²) >= 11 is 0. The molecule has 1 saturated carbocycles. The average Bonchev–Trinajstić information content (AvgIpc) is 2.17. The van der Waals surface area contributed by atoms with Gasteiger partial charge >= 0.3 is 0 Å². The lowest BCUT2D eigenvalue weighted by Gasteiger charge is -2.38. The van der Waals surface area contributed by atoms with Crippen LogP contribution in [0.1, 0.15) is 44.6 Å². The zero-order valence-electron chi connectivity index (χ0n) is 9.13. The number of aryl methyl sites for hydroxylation is 1. The summed E-state index contributed by atoms with van der Waals surface area (Å²) < 4.78 is 0. The van der Waals surface area contributed by atoms with Gasteiger partial charge in [0.15, 0.2) is 0 Å². The van der Waals surface area contributed by atoms with Crippen LogP contribution in [0.5, 0.6) is 0 Å². The molecule has 1 aromatic rings. The molecule has 14 heavy (non-hydrogen) atoms. The minimum atomic E-state index is 0.703. The quantitative estimate of drug-likeness (QED) is 0.664. The van der Waals surface area contributed by atoms with Gasteiger partial charge in [-0.25, -0.2) is 0 Å². The Morgan fingerprint density at radius 2 is 1.86 bits per heavy atom. The van der Waals surface area contributed by atoms with Crippen LogP contribution in [-0.2, 0) is 6.42 Å². The molecule has 0 nitrogen and oxygen atoms in total. The third kappa shape index (κ3) is 2.37. The van der Waals surface area contributed by atoms with Crippen LogP contribution in [0, 0.1) is 5.41 Å². The maximum Gasteiger partial charge on any atom is -0.0279 e. The van der Waals surface area contributed by atoms with E-state index in [1.807, 2.05) is 0 Å². The molecule has 0 radical (unpaired) electrons. The SMILES string of the molecule is CC1(CCCc2ccccc2)CCC1. The summed E-state index contributed by atoms with van der Waals surface area (Å²) in [6, 6.07) is 10.9. The van der Waals surface area contributed by atoms with Crippen molar-refractivity contribution < 1.29 is 0 Å². The van der Waals surface area contributed by atoms with E-state index in [1.54, 1.807) is 0 Å². The second kappa shape index (κ2) is 4.16. The van der Waals surface area contributed by atoms with Gasteiger partial charge in [0.05, 0.1) is 0 Å². The van der Waals surface area contributed by atoms with Gasteiger partial charge in [0.1, 0.15) is 0 Å². The minimum absolute atomic E-state index is 0.703. The zero-order valence-corrected chi connectivity index (χ0v) is 9.13. The molecular formula is C14H20. The van der Waals surface area contributed by atoms with Crippen molar-refractivity contribution >= 4 is 0 Å². The molecule has 1 fully saturated rings. The highest BCUT2D eigenvalue weighted by Crippen LogP contribution is 2.44. The van der Waals surface area contributed by atoms with Crippen LogP contribution >= 0.6 is 0 Å². The molecule has 1 aliphatic rings. The normalized spacial score (nSPS) is 18.9. The summed E-state index contributed by atoms with van der Waals surface area (Å²) in [4.78, 5) is 0. The van der Waals surface area contributed by atoms with Gasteiger partial charge in [-0.3, -0.25) is 0 Å². The lowest BCUT2D eigenvalue weighted by molar-refractivity contribution is 0.143. The fraction of sp³-hybridized carbons (Fsp3) is 0.571. The molecule has 2 rings (SSSR count). The average molecular weight is 188 g/mol. The fourth-order valence-electron chi connectivity index (χ4n) is 2.39. The smallest absolute Gasteiger partial charge is 0.0279 e. The zero-order chi connectivity index (χ0) is 9.86. The van der Waals surface area contributed by atoms with Gasteiger partial charge in [-0.15, -0.1) is 0 Å². The van der Waals surface area contributed by atoms with Gasteiger partial charge in [0.25, 0.3) is 0 Å². The fourth-order valence-corrected chi connectivity index (χ4v) is 2.39. The van der Waals surface area contributed by atoms with Gasteiger partial charge in [-0.05, 0) is 43.1 Å². The predicted octanol–water partition coefficient (Wildman–Crippen LogP) is 4.20. The highest BCUT2D eigenvalue weighted by atomic mass is 14.4. The molecule has 0 saturated heterocycles. The van der Waals surface area contributed by atoms with Gasteiger partial charge < -0.3 is 0 Å². The molecule has 76 valence electrons. The van der Waals surface area contributed by atoms with Crippen molar-refractivity contribution in [2.24, 2.45) is 5.41 Å². The molecule has 0 aromatic heterocycles. The van der Waals surface area contributed by atoms with Crippen LogP contribution in [0.2, 0.25) is 0 Å². The molecular weight excluding hydrogens is 168 g/mol. The Hall–Kier alpha value is -0.780. The summed E-state index contributed by atoms with van der Waals surface area (Å²) in [6.45, 7) is 2.45. The Morgan fingerprint density at radius 1 is 1.14 bits per heavy atom. The van der Waals surface area contributed by atoms with Crippen molar-refractivity contribution in [3.63, 3.8) is 0 Å². The largest absolute Gasteiger partial charge is 0.0622 e. The summed E-state index contributed by atoms with van der Waals surface area (Å²) in [5.41, 5.74) is 2.20. The van der Waals surface area contributed by atoms with E-state index >= 15 is 0 Å². The van der Waals surface area contributed by atoms with E-state index in [0.29, 0.717) is 5.41 Å². The molecule has 1 aromatic carbocycles. The molecule has 0 unspecified atom stereocenters. The Kier molecular flexibility index (Phi) is 2.90. The van der Waals surface area contributed by atoms with Crippen LogP contribution in [-0.4, -0.2) is 0 Å². The Balaban J connectivity index is 1.73. The molecule has 0 bridgehead atoms. The Labute approximate surface area is 87.3 Å². The van der Waals surface area contributed by atoms with Crippen LogP contribution in [0.25, 0.3) is 0 Å². The van der Waals surface area contributed by atoms with E-state index in [1.165, 1.54) is 44.1 Å². The van der Waals surface area contributed by atoms with Crippen molar-refractivity contribution in [1.82, 2.24) is 0 Å². The molecule has 0 amide bonds. The first kappa shape index (κ1) is 9.76. The lowest BCUT2D eigenvalue weighted by atomic mass is 9.67. The number of hydrogen-bond donors (Lipinski definition) is 0. The molecule has 0 N–H and O–H groups in total. The van der Waals surface area contributed by atoms with Gasteiger partial charge in [-0.1, -0.05) is 43.7 Å². The molecule has 0 spiro atoms. The maximum absolute atomic E-state index is 2.45. The van der Waals surface area contributed by atoms with E-state index in [0.717, 1.165) is 0 Å². The summed E-state index contributed by atoms with van der Waals surface area (Å²) in [5, 5.41) is 0. The van der Waals surface area contributed by atoms with Crippen molar-refractivity contribution in [2.45, 2.75) is 45.4 Å². The highest BCUT2D eigenvalue weighted by Gasteiger charge is 2.30. The predicted molar refractivity (Wildman–Crippen MR) is 61.3 cm³/mol. The van der Waals surface area contributed by atoms with E-state index < -0.39 is 0 Å². The minimum Gasteiger partial charge on any atom is -0.0622 e. The number of benzene rings is 1. The summed E-state index contributed by atoms with van der Waals surface area (Å²) in [7, 11) is 0. The van der Waals surface area contributed by atoms with Crippen molar-refractivity contribution in [3.8, 4) is 0 Å². The van der Waals surface area contributed by atoms with Crippen LogP contribution < -0.4 is 0 Å². The van der Waals surface area contributed by atoms with Gasteiger partial charge in [0.2, 0.25) is 0 Å². The second-order valence-electron chi connectivity index (χ2n) is 5.00. The van der Waals surface area contributed by atoms with E-state index in [2.05, 4.69) is 37.3 Å². The van der Waals surface area contributed by atoms with Crippen LogP contribution in [0.3, 0.4) is 0 Å². The summed E-state index contributed by atoms with van der Waals surface area (Å²) in [5.74, 6) is 0. The molecule has 0 heteroatoms. The molecule has 0 heterocycles. The van der Waals surface area contributed by atoms with Crippen molar-refractivity contribution in [2.75, 3.05) is 0 Å². The third-order valence-corrected chi connectivity index (χ3v) is 3.65. The van der Waals surface area contributed by atoms with Crippen molar-refractivity contribution in [1.29, 1.82) is 0 Å². The highest BCUT2D eigenvalue weighted by molar-refractivity contribution is 5.14. The topological polar surface area (TPSA) is 0 Å². The number of rotatable bonds is 4. The first-order valence-electron chi connectivity index (χ1n) is 5.82. The Bertz CT molecular complexity index is 269. The number of hydrogen-bond acceptors (Lipinski definition) is 0. The van der Waals surface area contributed by atoms with Gasteiger partial charge in [0, 0.05) is 0 Å². The molecule has 0 aliphatic heterocycles. The second-order valence-corrected chi connectivity index (χ2v) is 5.00. The maximum atomic E-state index is 2.45. The standard InChI is InChI=1S/C14H20/c1-14(11-6-12-14)10-5-9-13-7-3-2-4-8-13/h2-4,7-8H,5-6,9-12H2,1H3.